The number of hydrogen-bond donors (Lipinski definition) is 1. The van der Waals surface area contributed by atoms with Gasteiger partial charge >= 0.3 is 12.6 Å². The third-order valence-corrected chi connectivity index (χ3v) is 4.15. The van der Waals surface area contributed by atoms with Gasteiger partial charge in [-0.3, -0.25) is 9.59 Å². The van der Waals surface area contributed by atoms with Crippen LogP contribution in [0.25, 0.3) is 0 Å². The molecule has 1 amide bonds. The minimum Gasteiger partial charge on any atom is -0.457 e. The number of rotatable bonds is 5. The molecule has 0 aliphatic carbocycles. The van der Waals surface area contributed by atoms with Gasteiger partial charge in [0.25, 0.3) is 0 Å². The normalized spacial score (nSPS) is 17.2. The number of ether oxygens (including phenoxy) is 2. The molecule has 7 heteroatoms. The molecule has 0 saturated heterocycles. The maximum absolute atomic E-state index is 12.6. The lowest BCUT2D eigenvalue weighted by Gasteiger charge is -2.25. The Morgan fingerprint density at radius 1 is 1.15 bits per heavy atom. The molecule has 0 spiro atoms. The summed E-state index contributed by atoms with van der Waals surface area (Å²) in [5.41, 5.74) is 1.95. The molecule has 3 rings (SSSR count). The minimum atomic E-state index is -2.89. The monoisotopic (exact) mass is 361 g/mol. The molecule has 2 unspecified atom stereocenters. The number of anilines is 1. The summed E-state index contributed by atoms with van der Waals surface area (Å²) in [4.78, 5) is 24.4. The van der Waals surface area contributed by atoms with Crippen LogP contribution in [-0.4, -0.2) is 18.5 Å². The first-order valence-electron chi connectivity index (χ1n) is 8.08. The number of carbonyl (C=O) groups excluding carboxylic acids is 2. The molecule has 0 aromatic heterocycles. The first-order chi connectivity index (χ1) is 12.4. The molecule has 1 N–H and O–H groups in total. The molecule has 2 aromatic rings. The number of para-hydroxylation sites is 1. The van der Waals surface area contributed by atoms with E-state index in [0.29, 0.717) is 16.8 Å². The summed E-state index contributed by atoms with van der Waals surface area (Å²) in [6.45, 7) is -1.22. The standard InChI is InChI=1S/C19H17F2NO4/c1-11(12-6-8-13(9-7-12)26-19(20)21)25-18(24)15-10-17(23)22-16-5-3-2-4-14(15)16/h2-9,11,15,19H,10H2,1H3,(H,22,23). The highest BCUT2D eigenvalue weighted by Gasteiger charge is 2.32. The van der Waals surface area contributed by atoms with Crippen LogP contribution in [0, 0.1) is 0 Å². The third-order valence-electron chi connectivity index (χ3n) is 4.15. The van der Waals surface area contributed by atoms with Crippen molar-refractivity contribution in [1.82, 2.24) is 0 Å². The van der Waals surface area contributed by atoms with Gasteiger partial charge in [-0.25, -0.2) is 0 Å². The average Bonchev–Trinajstić information content (AvgIpc) is 2.61. The molecule has 136 valence electrons. The lowest BCUT2D eigenvalue weighted by molar-refractivity contribution is -0.151. The van der Waals surface area contributed by atoms with Gasteiger partial charge in [0.1, 0.15) is 11.9 Å². The van der Waals surface area contributed by atoms with Crippen molar-refractivity contribution >= 4 is 17.6 Å². The number of amides is 1. The van der Waals surface area contributed by atoms with Gasteiger partial charge in [0.05, 0.1) is 5.92 Å². The van der Waals surface area contributed by atoms with Gasteiger partial charge in [0.2, 0.25) is 5.91 Å². The summed E-state index contributed by atoms with van der Waals surface area (Å²) in [5.74, 6) is -1.40. The van der Waals surface area contributed by atoms with Crippen LogP contribution >= 0.6 is 0 Å². The Morgan fingerprint density at radius 3 is 2.54 bits per heavy atom. The molecule has 1 aliphatic heterocycles. The number of benzene rings is 2. The number of alkyl halides is 2. The van der Waals surface area contributed by atoms with Crippen molar-refractivity contribution in [2.24, 2.45) is 0 Å². The summed E-state index contributed by atoms with van der Waals surface area (Å²) in [6.07, 6.45) is -0.579. The van der Waals surface area contributed by atoms with E-state index in [4.69, 9.17) is 4.74 Å². The SMILES string of the molecule is CC(OC(=O)C1CC(=O)Nc2ccccc21)c1ccc(OC(F)F)cc1. The van der Waals surface area contributed by atoms with E-state index in [0.717, 1.165) is 0 Å². The zero-order valence-corrected chi connectivity index (χ0v) is 13.9. The van der Waals surface area contributed by atoms with Crippen molar-refractivity contribution in [3.8, 4) is 5.75 Å². The van der Waals surface area contributed by atoms with Crippen molar-refractivity contribution in [2.75, 3.05) is 5.32 Å². The Bertz CT molecular complexity index is 807. The van der Waals surface area contributed by atoms with Gasteiger partial charge in [-0.05, 0) is 36.2 Å². The number of hydrogen-bond acceptors (Lipinski definition) is 4. The Balaban J connectivity index is 1.70. The zero-order valence-electron chi connectivity index (χ0n) is 13.9. The predicted octanol–water partition coefficient (Wildman–Crippen LogP) is 4.02. The van der Waals surface area contributed by atoms with Crippen molar-refractivity contribution in [2.45, 2.75) is 32.0 Å². The Hall–Kier alpha value is -2.96. The van der Waals surface area contributed by atoms with Crippen LogP contribution in [0.2, 0.25) is 0 Å². The molecule has 2 aromatic carbocycles. The van der Waals surface area contributed by atoms with Gasteiger partial charge in [-0.2, -0.15) is 8.78 Å². The summed E-state index contributed by atoms with van der Waals surface area (Å²) in [6, 6.07) is 13.0. The van der Waals surface area contributed by atoms with E-state index < -0.39 is 24.6 Å². The Labute approximate surface area is 148 Å². The van der Waals surface area contributed by atoms with Crippen molar-refractivity contribution in [3.63, 3.8) is 0 Å². The van der Waals surface area contributed by atoms with Crippen LogP contribution in [0.15, 0.2) is 48.5 Å². The largest absolute Gasteiger partial charge is 0.457 e. The van der Waals surface area contributed by atoms with Crippen LogP contribution in [0.1, 0.15) is 36.5 Å². The summed E-state index contributed by atoms with van der Waals surface area (Å²) in [5, 5.41) is 2.73. The second kappa shape index (κ2) is 7.51. The van der Waals surface area contributed by atoms with E-state index in [-0.39, 0.29) is 18.1 Å². The van der Waals surface area contributed by atoms with Crippen LogP contribution < -0.4 is 10.1 Å². The lowest BCUT2D eigenvalue weighted by atomic mass is 9.90. The molecule has 0 bridgehead atoms. The van der Waals surface area contributed by atoms with Crippen molar-refractivity contribution < 1.29 is 27.8 Å². The highest BCUT2D eigenvalue weighted by Crippen LogP contribution is 2.34. The predicted molar refractivity (Wildman–Crippen MR) is 90.0 cm³/mol. The molecule has 1 aliphatic rings. The summed E-state index contributed by atoms with van der Waals surface area (Å²) in [7, 11) is 0. The molecule has 26 heavy (non-hydrogen) atoms. The van der Waals surface area contributed by atoms with E-state index in [1.807, 2.05) is 0 Å². The fraction of sp³-hybridized carbons (Fsp3) is 0.263. The average molecular weight is 361 g/mol. The summed E-state index contributed by atoms with van der Waals surface area (Å²) < 4.78 is 34.2. The molecule has 0 radical (unpaired) electrons. The molecule has 5 nitrogen and oxygen atoms in total. The van der Waals surface area contributed by atoms with E-state index in [1.54, 1.807) is 43.3 Å². The van der Waals surface area contributed by atoms with Crippen LogP contribution in [-0.2, 0) is 14.3 Å². The smallest absolute Gasteiger partial charge is 0.387 e. The first-order valence-corrected chi connectivity index (χ1v) is 8.08. The number of carbonyl (C=O) groups is 2. The number of nitrogens with one attached hydrogen (secondary N) is 1. The zero-order chi connectivity index (χ0) is 18.7. The van der Waals surface area contributed by atoms with Crippen LogP contribution in [0.5, 0.6) is 5.75 Å². The second-order valence-electron chi connectivity index (χ2n) is 5.92. The Kier molecular flexibility index (Phi) is 5.16. The topological polar surface area (TPSA) is 64.6 Å². The van der Waals surface area contributed by atoms with E-state index in [9.17, 15) is 18.4 Å². The fourth-order valence-corrected chi connectivity index (χ4v) is 2.87. The quantitative estimate of drug-likeness (QED) is 0.817. The van der Waals surface area contributed by atoms with E-state index in [1.165, 1.54) is 12.1 Å². The number of fused-ring (bicyclic) bond motifs is 1. The molecule has 1 heterocycles. The minimum absolute atomic E-state index is 0.0176. The molecular weight excluding hydrogens is 344 g/mol. The summed E-state index contributed by atoms with van der Waals surface area (Å²) >= 11 is 0. The van der Waals surface area contributed by atoms with Gasteiger partial charge in [0.15, 0.2) is 0 Å². The first kappa shape index (κ1) is 17.8. The fourth-order valence-electron chi connectivity index (χ4n) is 2.87. The van der Waals surface area contributed by atoms with Crippen molar-refractivity contribution in [3.05, 3.63) is 59.7 Å². The van der Waals surface area contributed by atoms with Crippen LogP contribution in [0.3, 0.4) is 0 Å². The second-order valence-corrected chi connectivity index (χ2v) is 5.92. The molecule has 2 atom stereocenters. The van der Waals surface area contributed by atoms with Crippen molar-refractivity contribution in [1.29, 1.82) is 0 Å². The van der Waals surface area contributed by atoms with E-state index >= 15 is 0 Å². The lowest BCUT2D eigenvalue weighted by Crippen LogP contribution is -2.29. The maximum atomic E-state index is 12.6. The van der Waals surface area contributed by atoms with Gasteiger partial charge < -0.3 is 14.8 Å². The maximum Gasteiger partial charge on any atom is 0.387 e. The Morgan fingerprint density at radius 2 is 1.85 bits per heavy atom. The number of halogens is 2. The van der Waals surface area contributed by atoms with Crippen LogP contribution in [0.4, 0.5) is 14.5 Å². The van der Waals surface area contributed by atoms with Gasteiger partial charge in [0, 0.05) is 12.1 Å². The third kappa shape index (κ3) is 3.99. The highest BCUT2D eigenvalue weighted by molar-refractivity contribution is 5.99. The van der Waals surface area contributed by atoms with Gasteiger partial charge in [-0.1, -0.05) is 30.3 Å². The number of esters is 1. The molecular formula is C19H17F2NO4. The molecule has 0 fully saturated rings. The van der Waals surface area contributed by atoms with E-state index in [2.05, 4.69) is 10.1 Å². The van der Waals surface area contributed by atoms with Gasteiger partial charge in [-0.15, -0.1) is 0 Å². The molecule has 0 saturated carbocycles. The highest BCUT2D eigenvalue weighted by atomic mass is 19.3.